The molecule has 3 aromatic carbocycles. The molecule has 6 heteroatoms. The molecule has 30 heavy (non-hydrogen) atoms. The van der Waals surface area contributed by atoms with E-state index in [0.717, 1.165) is 46.1 Å². The highest BCUT2D eigenvalue weighted by Gasteiger charge is 2.41. The first kappa shape index (κ1) is 18.8. The molecule has 0 unspecified atom stereocenters. The molecule has 2 heterocycles. The molecule has 0 spiro atoms. The van der Waals surface area contributed by atoms with Gasteiger partial charge in [0.25, 0.3) is 0 Å². The first-order valence-electron chi connectivity index (χ1n) is 9.76. The fourth-order valence-corrected chi connectivity index (χ4v) is 4.23. The smallest absolute Gasteiger partial charge is 0.213 e. The SMILES string of the molecule is COc1ccc(C2=NN3[C@H](C2)c2cc(OC)ccc2O[C@H]3c2cccc(Cl)c2)cc1. The molecule has 0 radical (unpaired) electrons. The molecule has 2 aliphatic rings. The Kier molecular flexibility index (Phi) is 4.75. The molecule has 0 saturated carbocycles. The van der Waals surface area contributed by atoms with Crippen molar-refractivity contribution in [1.82, 2.24) is 5.01 Å². The molecule has 2 atom stereocenters. The summed E-state index contributed by atoms with van der Waals surface area (Å²) in [4.78, 5) is 0. The number of hydrazone groups is 1. The molecule has 2 aliphatic heterocycles. The van der Waals surface area contributed by atoms with Gasteiger partial charge in [0, 0.05) is 22.6 Å². The van der Waals surface area contributed by atoms with Crippen molar-refractivity contribution in [2.75, 3.05) is 14.2 Å². The van der Waals surface area contributed by atoms with Crippen molar-refractivity contribution < 1.29 is 14.2 Å². The van der Waals surface area contributed by atoms with Crippen LogP contribution in [0.5, 0.6) is 17.2 Å². The molecule has 0 N–H and O–H groups in total. The molecule has 0 saturated heterocycles. The summed E-state index contributed by atoms with van der Waals surface area (Å²) in [7, 11) is 3.34. The summed E-state index contributed by atoms with van der Waals surface area (Å²) in [6, 6.07) is 21.7. The van der Waals surface area contributed by atoms with Crippen LogP contribution in [0, 0.1) is 0 Å². The van der Waals surface area contributed by atoms with Crippen molar-refractivity contribution in [3.8, 4) is 17.2 Å². The van der Waals surface area contributed by atoms with Crippen LogP contribution >= 0.6 is 11.6 Å². The molecule has 152 valence electrons. The lowest BCUT2D eigenvalue weighted by Crippen LogP contribution is -2.33. The first-order valence-corrected chi connectivity index (χ1v) is 10.1. The van der Waals surface area contributed by atoms with Crippen LogP contribution < -0.4 is 14.2 Å². The Morgan fingerprint density at radius 1 is 0.967 bits per heavy atom. The van der Waals surface area contributed by atoms with Gasteiger partial charge in [0.1, 0.15) is 17.2 Å². The number of hydrogen-bond acceptors (Lipinski definition) is 5. The van der Waals surface area contributed by atoms with E-state index in [0.29, 0.717) is 5.02 Å². The molecular weight excluding hydrogens is 400 g/mol. The maximum absolute atomic E-state index is 6.39. The Bertz CT molecular complexity index is 1110. The van der Waals surface area contributed by atoms with Crippen molar-refractivity contribution >= 4 is 17.3 Å². The van der Waals surface area contributed by atoms with E-state index >= 15 is 0 Å². The fraction of sp³-hybridized carbons (Fsp3) is 0.208. The van der Waals surface area contributed by atoms with Gasteiger partial charge in [0.05, 0.1) is 26.0 Å². The maximum Gasteiger partial charge on any atom is 0.213 e. The summed E-state index contributed by atoms with van der Waals surface area (Å²) in [5.41, 5.74) is 4.11. The van der Waals surface area contributed by atoms with Crippen LogP contribution in [0.1, 0.15) is 35.4 Å². The van der Waals surface area contributed by atoms with Crippen LogP contribution in [-0.4, -0.2) is 24.9 Å². The standard InChI is InChI=1S/C24H21ClN2O3/c1-28-18-8-6-15(7-9-18)21-14-22-20-13-19(29-2)10-11-23(20)30-24(27(22)26-21)16-4-3-5-17(25)12-16/h3-13,22,24H,14H2,1-2H3/t22-,24+/m1/s1. The molecule has 0 aromatic heterocycles. The third-order valence-electron chi connectivity index (χ3n) is 5.55. The zero-order valence-electron chi connectivity index (χ0n) is 16.7. The molecule has 0 amide bonds. The minimum atomic E-state index is -0.356. The number of halogens is 1. The lowest BCUT2D eigenvalue weighted by molar-refractivity contribution is -0.0191. The van der Waals surface area contributed by atoms with Gasteiger partial charge in [-0.1, -0.05) is 23.7 Å². The zero-order chi connectivity index (χ0) is 20.7. The summed E-state index contributed by atoms with van der Waals surface area (Å²) < 4.78 is 17.1. The van der Waals surface area contributed by atoms with Gasteiger partial charge in [0.15, 0.2) is 0 Å². The summed E-state index contributed by atoms with van der Waals surface area (Å²) in [6.07, 6.45) is 0.415. The second kappa shape index (κ2) is 7.58. The van der Waals surface area contributed by atoms with E-state index in [2.05, 4.69) is 0 Å². The molecule has 0 fully saturated rings. The Morgan fingerprint density at radius 2 is 1.73 bits per heavy atom. The third-order valence-corrected chi connectivity index (χ3v) is 5.79. The summed E-state index contributed by atoms with van der Waals surface area (Å²) >= 11 is 6.26. The van der Waals surface area contributed by atoms with Crippen LogP contribution in [0.25, 0.3) is 0 Å². The van der Waals surface area contributed by atoms with E-state index in [4.69, 9.17) is 30.9 Å². The van der Waals surface area contributed by atoms with Crippen LogP contribution in [-0.2, 0) is 0 Å². The van der Waals surface area contributed by atoms with Crippen LogP contribution in [0.3, 0.4) is 0 Å². The fourth-order valence-electron chi connectivity index (χ4n) is 4.03. The topological polar surface area (TPSA) is 43.3 Å². The predicted octanol–water partition coefficient (Wildman–Crippen LogP) is 5.60. The molecule has 5 rings (SSSR count). The van der Waals surface area contributed by atoms with E-state index in [1.165, 1.54) is 0 Å². The van der Waals surface area contributed by atoms with Gasteiger partial charge >= 0.3 is 0 Å². The number of methoxy groups -OCH3 is 2. The zero-order valence-corrected chi connectivity index (χ0v) is 17.5. The second-order valence-electron chi connectivity index (χ2n) is 7.30. The molecule has 0 bridgehead atoms. The minimum absolute atomic E-state index is 0.0462. The Balaban J connectivity index is 1.58. The third kappa shape index (κ3) is 3.25. The van der Waals surface area contributed by atoms with E-state index in [1.807, 2.05) is 71.7 Å². The number of nitrogens with zero attached hydrogens (tertiary/aromatic N) is 2. The number of rotatable bonds is 4. The van der Waals surface area contributed by atoms with E-state index < -0.39 is 0 Å². The monoisotopic (exact) mass is 420 g/mol. The van der Waals surface area contributed by atoms with Gasteiger partial charge in [0.2, 0.25) is 6.23 Å². The Labute approximate surface area is 180 Å². The second-order valence-corrected chi connectivity index (χ2v) is 7.74. The first-order chi connectivity index (χ1) is 14.7. The summed E-state index contributed by atoms with van der Waals surface area (Å²) in [6.45, 7) is 0. The average molecular weight is 421 g/mol. The Morgan fingerprint density at radius 3 is 2.47 bits per heavy atom. The average Bonchev–Trinajstić information content (AvgIpc) is 3.24. The van der Waals surface area contributed by atoms with Gasteiger partial charge in [-0.15, -0.1) is 0 Å². The Hall–Kier alpha value is -3.18. The molecule has 3 aromatic rings. The maximum atomic E-state index is 6.39. The largest absolute Gasteiger partial charge is 0.497 e. The number of benzene rings is 3. The predicted molar refractivity (Wildman–Crippen MR) is 117 cm³/mol. The van der Waals surface area contributed by atoms with Crippen LogP contribution in [0.2, 0.25) is 5.02 Å². The highest BCUT2D eigenvalue weighted by Crippen LogP contribution is 2.48. The number of fused-ring (bicyclic) bond motifs is 3. The van der Waals surface area contributed by atoms with Gasteiger partial charge in [-0.25, -0.2) is 5.01 Å². The van der Waals surface area contributed by atoms with E-state index in [1.54, 1.807) is 14.2 Å². The lowest BCUT2D eigenvalue weighted by atomic mass is 9.95. The van der Waals surface area contributed by atoms with Crippen molar-refractivity contribution in [1.29, 1.82) is 0 Å². The van der Waals surface area contributed by atoms with E-state index in [-0.39, 0.29) is 12.3 Å². The molecule has 0 aliphatic carbocycles. The van der Waals surface area contributed by atoms with Gasteiger partial charge in [-0.2, -0.15) is 5.10 Å². The van der Waals surface area contributed by atoms with Crippen LogP contribution in [0.4, 0.5) is 0 Å². The summed E-state index contributed by atoms with van der Waals surface area (Å²) in [5.74, 6) is 2.47. The van der Waals surface area contributed by atoms with Crippen LogP contribution in [0.15, 0.2) is 71.8 Å². The van der Waals surface area contributed by atoms with Crippen molar-refractivity contribution in [2.45, 2.75) is 18.7 Å². The quantitative estimate of drug-likeness (QED) is 0.551. The number of hydrogen-bond donors (Lipinski definition) is 0. The summed E-state index contributed by atoms with van der Waals surface area (Å²) in [5, 5.41) is 7.69. The highest BCUT2D eigenvalue weighted by atomic mass is 35.5. The van der Waals surface area contributed by atoms with Gasteiger partial charge in [-0.05, 0) is 60.2 Å². The lowest BCUT2D eigenvalue weighted by Gasteiger charge is -2.38. The molecule has 5 nitrogen and oxygen atoms in total. The van der Waals surface area contributed by atoms with Crippen molar-refractivity contribution in [3.63, 3.8) is 0 Å². The van der Waals surface area contributed by atoms with E-state index in [9.17, 15) is 0 Å². The van der Waals surface area contributed by atoms with Gasteiger partial charge < -0.3 is 14.2 Å². The molecular formula is C24H21ClN2O3. The van der Waals surface area contributed by atoms with Crippen molar-refractivity contribution in [2.24, 2.45) is 5.10 Å². The van der Waals surface area contributed by atoms with Gasteiger partial charge in [-0.3, -0.25) is 0 Å². The minimum Gasteiger partial charge on any atom is -0.497 e. The normalized spacial score (nSPS) is 19.4. The van der Waals surface area contributed by atoms with Crippen molar-refractivity contribution in [3.05, 3.63) is 88.4 Å². The number of ether oxygens (including phenoxy) is 3. The highest BCUT2D eigenvalue weighted by molar-refractivity contribution is 6.30.